The fourth-order valence-corrected chi connectivity index (χ4v) is 5.00. The van der Waals surface area contributed by atoms with Crippen LogP contribution in [0.4, 0.5) is 5.69 Å². The number of hydrogen-bond acceptors (Lipinski definition) is 2. The van der Waals surface area contributed by atoms with Gasteiger partial charge in [0.2, 0.25) is 0 Å². The van der Waals surface area contributed by atoms with Gasteiger partial charge in [-0.2, -0.15) is 0 Å². The van der Waals surface area contributed by atoms with Gasteiger partial charge < -0.3 is 4.90 Å². The number of benzene rings is 1. The van der Waals surface area contributed by atoms with Crippen molar-refractivity contribution >= 4 is 48.6 Å². The van der Waals surface area contributed by atoms with Crippen LogP contribution in [0.2, 0.25) is 0 Å². The first kappa shape index (κ1) is 18.1. The Labute approximate surface area is 171 Å². The molecular weight excluding hydrogens is 454 g/mol. The zero-order valence-electron chi connectivity index (χ0n) is 15.0. The summed E-state index contributed by atoms with van der Waals surface area (Å²) >= 11 is 7.23. The molecule has 0 unspecified atom stereocenters. The number of rotatable bonds is 2. The molecule has 1 aliphatic heterocycles. The van der Waals surface area contributed by atoms with E-state index in [0.717, 1.165) is 51.9 Å². The van der Waals surface area contributed by atoms with E-state index in [1.54, 1.807) is 0 Å². The monoisotopic (exact) mass is 473 g/mol. The van der Waals surface area contributed by atoms with Gasteiger partial charge in [0.1, 0.15) is 5.65 Å². The van der Waals surface area contributed by atoms with Gasteiger partial charge in [0, 0.05) is 45.0 Å². The average Bonchev–Trinajstić information content (AvgIpc) is 2.91. The van der Waals surface area contributed by atoms with Crippen molar-refractivity contribution in [1.29, 1.82) is 0 Å². The highest BCUT2D eigenvalue weighted by Gasteiger charge is 2.22. The molecule has 2 radical (unpaired) electrons. The van der Waals surface area contributed by atoms with Gasteiger partial charge in [-0.25, -0.2) is 4.98 Å². The molecule has 5 heteroatoms. The summed E-state index contributed by atoms with van der Waals surface area (Å²) in [5.41, 5.74) is 5.66. The average molecular weight is 475 g/mol. The maximum Gasteiger partial charge on any atom is 0.147 e. The van der Waals surface area contributed by atoms with Crippen LogP contribution in [0.1, 0.15) is 24.1 Å². The molecule has 0 spiro atoms. The maximum atomic E-state index is 6.10. The molecular formula is C21H21Br2N3. The number of halogens is 2. The van der Waals surface area contributed by atoms with Crippen molar-refractivity contribution < 1.29 is 0 Å². The second-order valence-electron chi connectivity index (χ2n) is 7.08. The second kappa shape index (κ2) is 7.01. The van der Waals surface area contributed by atoms with E-state index in [9.17, 15) is 0 Å². The van der Waals surface area contributed by atoms with Crippen molar-refractivity contribution in [2.24, 2.45) is 5.92 Å². The van der Waals surface area contributed by atoms with Crippen molar-refractivity contribution in [3.05, 3.63) is 57.6 Å². The predicted octanol–water partition coefficient (Wildman–Crippen LogP) is 6.09. The Bertz CT molecular complexity index is 969. The van der Waals surface area contributed by atoms with E-state index < -0.39 is 0 Å². The third-order valence-corrected chi connectivity index (χ3v) is 6.23. The lowest BCUT2D eigenvalue weighted by molar-refractivity contribution is 0.476. The third kappa shape index (κ3) is 3.20. The Hall–Kier alpha value is -1.33. The molecule has 26 heavy (non-hydrogen) atoms. The molecule has 3 heterocycles. The molecule has 1 saturated heterocycles. The number of pyridine rings is 1. The van der Waals surface area contributed by atoms with Crippen molar-refractivity contribution in [1.82, 2.24) is 9.55 Å². The number of piperidine rings is 1. The lowest BCUT2D eigenvalue weighted by Gasteiger charge is -2.32. The lowest BCUT2D eigenvalue weighted by Crippen LogP contribution is -2.33. The zero-order valence-corrected chi connectivity index (χ0v) is 18.1. The molecule has 3 nitrogen and oxygen atoms in total. The molecule has 0 saturated carbocycles. The van der Waals surface area contributed by atoms with Crippen LogP contribution in [0, 0.1) is 26.7 Å². The SMILES string of the molecule is [CH]C1CCN(c2cc(C)nc3c2c(C)cn3-c2ccc(Br)cc2Br)CC1. The van der Waals surface area contributed by atoms with Gasteiger partial charge in [0.15, 0.2) is 0 Å². The first-order valence-electron chi connectivity index (χ1n) is 8.89. The topological polar surface area (TPSA) is 21.1 Å². The number of nitrogens with zero attached hydrogens (tertiary/aromatic N) is 3. The molecule has 0 amide bonds. The number of aromatic nitrogens is 2. The summed E-state index contributed by atoms with van der Waals surface area (Å²) in [6, 6.07) is 8.45. The summed E-state index contributed by atoms with van der Waals surface area (Å²) in [5.74, 6) is 0.328. The van der Waals surface area contributed by atoms with Crippen LogP contribution in [-0.2, 0) is 0 Å². The fraction of sp³-hybridized carbons (Fsp3) is 0.333. The Morgan fingerprint density at radius 1 is 1.08 bits per heavy atom. The number of hydrogen-bond donors (Lipinski definition) is 0. The highest BCUT2D eigenvalue weighted by molar-refractivity contribution is 9.11. The Balaban J connectivity index is 1.90. The quantitative estimate of drug-likeness (QED) is 0.447. The molecule has 0 atom stereocenters. The number of anilines is 1. The summed E-state index contributed by atoms with van der Waals surface area (Å²) in [6.07, 6.45) is 4.27. The van der Waals surface area contributed by atoms with Crippen LogP contribution >= 0.6 is 31.9 Å². The van der Waals surface area contributed by atoms with Crippen molar-refractivity contribution in [2.45, 2.75) is 26.7 Å². The van der Waals surface area contributed by atoms with E-state index in [0.29, 0.717) is 5.92 Å². The molecule has 0 N–H and O–H groups in total. The number of aryl methyl sites for hydroxylation is 2. The van der Waals surface area contributed by atoms with Crippen LogP contribution in [0.25, 0.3) is 16.7 Å². The Morgan fingerprint density at radius 2 is 1.81 bits per heavy atom. The van der Waals surface area contributed by atoms with Crippen molar-refractivity contribution in [3.8, 4) is 5.69 Å². The van der Waals surface area contributed by atoms with E-state index in [1.165, 1.54) is 16.6 Å². The maximum absolute atomic E-state index is 6.10. The molecule has 0 bridgehead atoms. The lowest BCUT2D eigenvalue weighted by atomic mass is 9.98. The molecule has 1 aromatic carbocycles. The van der Waals surface area contributed by atoms with Gasteiger partial charge >= 0.3 is 0 Å². The van der Waals surface area contributed by atoms with Crippen LogP contribution < -0.4 is 4.90 Å². The summed E-state index contributed by atoms with van der Waals surface area (Å²) in [6.45, 7) is 12.4. The van der Waals surface area contributed by atoms with Crippen LogP contribution in [0.5, 0.6) is 0 Å². The summed E-state index contributed by atoms with van der Waals surface area (Å²) < 4.78 is 4.28. The standard InChI is InChI=1S/C21H21Br2N3/c1-13-6-8-25(9-7-13)19-10-15(3)24-21-20(19)14(2)12-26(21)18-5-4-16(22)11-17(18)23/h1,4-5,10-13H,6-9H2,2-3H3. The normalized spacial score (nSPS) is 15.8. The van der Waals surface area contributed by atoms with E-state index in [2.05, 4.69) is 85.6 Å². The fourth-order valence-electron chi connectivity index (χ4n) is 3.76. The van der Waals surface area contributed by atoms with Gasteiger partial charge in [0.25, 0.3) is 0 Å². The van der Waals surface area contributed by atoms with Gasteiger partial charge in [-0.1, -0.05) is 15.9 Å². The number of fused-ring (bicyclic) bond motifs is 1. The largest absolute Gasteiger partial charge is 0.371 e. The second-order valence-corrected chi connectivity index (χ2v) is 8.85. The van der Waals surface area contributed by atoms with E-state index in [-0.39, 0.29) is 0 Å². The molecule has 4 rings (SSSR count). The van der Waals surface area contributed by atoms with E-state index in [1.807, 2.05) is 0 Å². The molecule has 3 aromatic rings. The molecule has 134 valence electrons. The summed E-state index contributed by atoms with van der Waals surface area (Å²) in [5, 5.41) is 1.24. The Kier molecular flexibility index (Phi) is 4.86. The van der Waals surface area contributed by atoms with E-state index in [4.69, 9.17) is 11.9 Å². The molecule has 1 fully saturated rings. The van der Waals surface area contributed by atoms with Gasteiger partial charge in [-0.05, 0) is 85.3 Å². The van der Waals surface area contributed by atoms with Crippen LogP contribution in [-0.4, -0.2) is 22.6 Å². The third-order valence-electron chi connectivity index (χ3n) is 5.10. The van der Waals surface area contributed by atoms with Gasteiger partial charge in [-0.3, -0.25) is 4.57 Å². The summed E-state index contributed by atoms with van der Waals surface area (Å²) in [4.78, 5) is 7.35. The highest BCUT2D eigenvalue weighted by Crippen LogP contribution is 2.36. The zero-order chi connectivity index (χ0) is 18.4. The van der Waals surface area contributed by atoms with Crippen molar-refractivity contribution in [2.75, 3.05) is 18.0 Å². The molecule has 1 aliphatic rings. The minimum Gasteiger partial charge on any atom is -0.371 e. The first-order valence-corrected chi connectivity index (χ1v) is 10.5. The minimum absolute atomic E-state index is 0.328. The Morgan fingerprint density at radius 3 is 2.50 bits per heavy atom. The van der Waals surface area contributed by atoms with Gasteiger partial charge in [-0.15, -0.1) is 0 Å². The van der Waals surface area contributed by atoms with E-state index >= 15 is 0 Å². The van der Waals surface area contributed by atoms with Crippen LogP contribution in [0.15, 0.2) is 39.4 Å². The first-order chi connectivity index (χ1) is 12.4. The van der Waals surface area contributed by atoms with Crippen molar-refractivity contribution in [3.63, 3.8) is 0 Å². The summed E-state index contributed by atoms with van der Waals surface area (Å²) in [7, 11) is 0. The molecule has 0 aliphatic carbocycles. The van der Waals surface area contributed by atoms with Crippen LogP contribution in [0.3, 0.4) is 0 Å². The molecule has 2 aromatic heterocycles. The highest BCUT2D eigenvalue weighted by atomic mass is 79.9. The van der Waals surface area contributed by atoms with Gasteiger partial charge in [0.05, 0.1) is 5.69 Å². The predicted molar refractivity (Wildman–Crippen MR) is 115 cm³/mol. The smallest absolute Gasteiger partial charge is 0.147 e. The minimum atomic E-state index is 0.328.